The molecule has 6 rings (SSSR count). The van der Waals surface area contributed by atoms with Crippen LogP contribution < -0.4 is 10.2 Å². The summed E-state index contributed by atoms with van der Waals surface area (Å²) >= 11 is 0. The molecule has 7 nitrogen and oxygen atoms in total. The number of imide groups is 1. The van der Waals surface area contributed by atoms with Crippen molar-refractivity contribution in [3.8, 4) is 0 Å². The molecule has 0 radical (unpaired) electrons. The number of anilines is 2. The highest BCUT2D eigenvalue weighted by Gasteiger charge is 2.59. The number of aromatic amines is 1. The summed E-state index contributed by atoms with van der Waals surface area (Å²) in [4.78, 5) is 47.2. The molecule has 0 spiro atoms. The van der Waals surface area contributed by atoms with Crippen LogP contribution in [0.2, 0.25) is 0 Å². The van der Waals surface area contributed by atoms with E-state index >= 15 is 0 Å². The summed E-state index contributed by atoms with van der Waals surface area (Å²) in [6, 6.07) is 21.9. The fraction of sp³-hybridized carbons (Fsp3) is 0.207. The summed E-state index contributed by atoms with van der Waals surface area (Å²) < 4.78 is 0. The Balaban J connectivity index is 1.39. The monoisotopic (exact) mass is 478 g/mol. The van der Waals surface area contributed by atoms with Crippen molar-refractivity contribution in [2.45, 2.75) is 32.2 Å². The van der Waals surface area contributed by atoms with Crippen molar-refractivity contribution in [1.29, 1.82) is 0 Å². The summed E-state index contributed by atoms with van der Waals surface area (Å²) in [5, 5.41) is 3.97. The van der Waals surface area contributed by atoms with Crippen molar-refractivity contribution in [2.75, 3.05) is 16.8 Å². The molecule has 0 aliphatic carbocycles. The van der Waals surface area contributed by atoms with E-state index < -0.39 is 11.6 Å². The lowest BCUT2D eigenvalue weighted by molar-refractivity contribution is -0.125. The van der Waals surface area contributed by atoms with Gasteiger partial charge in [-0.3, -0.25) is 9.59 Å². The van der Waals surface area contributed by atoms with E-state index in [0.717, 1.165) is 33.5 Å². The lowest BCUT2D eigenvalue weighted by Crippen LogP contribution is -2.49. The fourth-order valence-corrected chi connectivity index (χ4v) is 5.49. The lowest BCUT2D eigenvalue weighted by atomic mass is 9.87. The third kappa shape index (κ3) is 3.09. The van der Waals surface area contributed by atoms with Gasteiger partial charge in [0.25, 0.3) is 11.8 Å². The van der Waals surface area contributed by atoms with Crippen LogP contribution in [0.4, 0.5) is 16.2 Å². The molecular weight excluding hydrogens is 452 g/mol. The van der Waals surface area contributed by atoms with Crippen LogP contribution in [0.3, 0.4) is 0 Å². The number of H-pyrrole nitrogens is 1. The maximum Gasteiger partial charge on any atom is 0.332 e. The summed E-state index contributed by atoms with van der Waals surface area (Å²) in [5.41, 5.74) is 3.94. The predicted octanol–water partition coefficient (Wildman–Crippen LogP) is 5.22. The molecule has 4 aromatic rings. The topological polar surface area (TPSA) is 85.5 Å². The van der Waals surface area contributed by atoms with Crippen molar-refractivity contribution in [1.82, 2.24) is 9.88 Å². The van der Waals surface area contributed by atoms with Crippen molar-refractivity contribution in [3.63, 3.8) is 0 Å². The Kier molecular flexibility index (Phi) is 4.96. The Morgan fingerprint density at radius 1 is 1.00 bits per heavy atom. The summed E-state index contributed by atoms with van der Waals surface area (Å²) in [7, 11) is 0. The van der Waals surface area contributed by atoms with E-state index in [2.05, 4.69) is 17.2 Å². The summed E-state index contributed by atoms with van der Waals surface area (Å²) in [6.07, 6.45) is 1.56. The molecule has 1 saturated heterocycles. The van der Waals surface area contributed by atoms with E-state index in [1.165, 1.54) is 5.56 Å². The minimum atomic E-state index is -1.18. The fourth-order valence-electron chi connectivity index (χ4n) is 5.49. The average Bonchev–Trinajstić information content (AvgIpc) is 3.38. The number of nitrogens with one attached hydrogen (secondary N) is 2. The number of nitrogens with zero attached hydrogens (tertiary/aromatic N) is 2. The Hall–Kier alpha value is -4.39. The molecule has 180 valence electrons. The number of carbonyl (C=O) groups excluding carboxylic acids is 3. The number of urea groups is 1. The standard InChI is InChI=1S/C29H26N4O3/c1-3-18-12-14-19(15-13-18)30-26(34)22-9-5-7-11-24(22)33-27(35)29(2)25-21(16-17-32(29)28(33)36)20-8-4-6-10-23(20)31-25/h4-15,31H,3,16-17H2,1-2H3,(H,30,34). The third-order valence-electron chi connectivity index (χ3n) is 7.48. The summed E-state index contributed by atoms with van der Waals surface area (Å²) in [6.45, 7) is 4.28. The maximum atomic E-state index is 14.0. The normalized spacial score (nSPS) is 18.9. The number of para-hydroxylation sites is 2. The highest BCUT2D eigenvalue weighted by atomic mass is 16.2. The molecule has 1 unspecified atom stereocenters. The number of benzene rings is 3. The van der Waals surface area contributed by atoms with Gasteiger partial charge in [0.15, 0.2) is 5.54 Å². The van der Waals surface area contributed by atoms with Gasteiger partial charge in [-0.2, -0.15) is 0 Å². The zero-order chi connectivity index (χ0) is 25.0. The largest absolute Gasteiger partial charge is 0.356 e. The molecule has 2 aliphatic heterocycles. The number of amides is 4. The van der Waals surface area contributed by atoms with Crippen LogP contribution >= 0.6 is 0 Å². The number of hydrogen-bond acceptors (Lipinski definition) is 3. The minimum Gasteiger partial charge on any atom is -0.356 e. The first-order valence-corrected chi connectivity index (χ1v) is 12.2. The Morgan fingerprint density at radius 3 is 2.50 bits per heavy atom. The molecule has 7 heteroatoms. The van der Waals surface area contributed by atoms with Crippen LogP contribution in [0.25, 0.3) is 10.9 Å². The SMILES string of the molecule is CCc1ccc(NC(=O)c2ccccc2N2C(=O)N3CCc4c([nH]c5ccccc45)C3(C)C2=O)cc1. The van der Waals surface area contributed by atoms with Gasteiger partial charge in [-0.25, -0.2) is 9.69 Å². The van der Waals surface area contributed by atoms with Gasteiger partial charge >= 0.3 is 6.03 Å². The van der Waals surface area contributed by atoms with Crippen LogP contribution in [-0.2, 0) is 23.2 Å². The van der Waals surface area contributed by atoms with Crippen LogP contribution in [0, 0.1) is 0 Å². The van der Waals surface area contributed by atoms with Gasteiger partial charge in [0.1, 0.15) is 0 Å². The van der Waals surface area contributed by atoms with E-state index in [1.807, 2.05) is 48.5 Å². The van der Waals surface area contributed by atoms with Crippen molar-refractivity contribution in [3.05, 3.63) is 95.2 Å². The highest BCUT2D eigenvalue weighted by Crippen LogP contribution is 2.45. The number of aromatic nitrogens is 1. The van der Waals surface area contributed by atoms with E-state index in [4.69, 9.17) is 0 Å². The van der Waals surface area contributed by atoms with Gasteiger partial charge in [0.2, 0.25) is 0 Å². The zero-order valence-corrected chi connectivity index (χ0v) is 20.2. The zero-order valence-electron chi connectivity index (χ0n) is 20.2. The molecule has 0 bridgehead atoms. The second-order valence-electron chi connectivity index (χ2n) is 9.44. The van der Waals surface area contributed by atoms with Gasteiger partial charge in [-0.05, 0) is 61.2 Å². The van der Waals surface area contributed by atoms with E-state index in [-0.39, 0.29) is 23.1 Å². The van der Waals surface area contributed by atoms with Crippen LogP contribution in [-0.4, -0.2) is 34.3 Å². The number of carbonyl (C=O) groups is 3. The second-order valence-corrected chi connectivity index (χ2v) is 9.44. The molecule has 4 amide bonds. The number of fused-ring (bicyclic) bond motifs is 5. The van der Waals surface area contributed by atoms with Crippen molar-refractivity contribution in [2.24, 2.45) is 0 Å². The third-order valence-corrected chi connectivity index (χ3v) is 7.48. The molecule has 1 aromatic heterocycles. The Labute approximate surface area is 208 Å². The van der Waals surface area contributed by atoms with Gasteiger partial charge in [-0.15, -0.1) is 0 Å². The van der Waals surface area contributed by atoms with Gasteiger partial charge in [0, 0.05) is 23.1 Å². The van der Waals surface area contributed by atoms with Crippen LogP contribution in [0.15, 0.2) is 72.8 Å². The van der Waals surface area contributed by atoms with Gasteiger partial charge < -0.3 is 15.2 Å². The first-order valence-electron chi connectivity index (χ1n) is 12.2. The molecule has 2 N–H and O–H groups in total. The van der Waals surface area contributed by atoms with Gasteiger partial charge in [0.05, 0.1) is 16.9 Å². The number of aryl methyl sites for hydroxylation is 1. The number of rotatable bonds is 4. The molecular formula is C29H26N4O3. The van der Waals surface area contributed by atoms with Crippen LogP contribution in [0.5, 0.6) is 0 Å². The van der Waals surface area contributed by atoms with Crippen LogP contribution in [0.1, 0.15) is 41.0 Å². The van der Waals surface area contributed by atoms with Crippen molar-refractivity contribution >= 4 is 40.1 Å². The first-order chi connectivity index (χ1) is 17.4. The van der Waals surface area contributed by atoms with Gasteiger partial charge in [-0.1, -0.05) is 49.4 Å². The molecule has 2 aliphatic rings. The molecule has 36 heavy (non-hydrogen) atoms. The van der Waals surface area contributed by atoms with E-state index in [1.54, 1.807) is 36.1 Å². The van der Waals surface area contributed by atoms with E-state index in [9.17, 15) is 14.4 Å². The average molecular weight is 479 g/mol. The first kappa shape index (κ1) is 22.1. The lowest BCUT2D eigenvalue weighted by Gasteiger charge is -2.35. The smallest absolute Gasteiger partial charge is 0.332 e. The van der Waals surface area contributed by atoms with Crippen molar-refractivity contribution < 1.29 is 14.4 Å². The highest BCUT2D eigenvalue weighted by molar-refractivity contribution is 6.26. The number of hydrogen-bond donors (Lipinski definition) is 2. The van der Waals surface area contributed by atoms with E-state index in [0.29, 0.717) is 18.7 Å². The molecule has 3 heterocycles. The molecule has 3 aromatic carbocycles. The molecule has 0 saturated carbocycles. The maximum absolute atomic E-state index is 14.0. The quantitative estimate of drug-likeness (QED) is 0.394. The Morgan fingerprint density at radius 2 is 1.72 bits per heavy atom. The Bertz CT molecular complexity index is 1540. The second kappa shape index (κ2) is 8.09. The summed E-state index contributed by atoms with van der Waals surface area (Å²) in [5.74, 6) is -0.746. The minimum absolute atomic E-state index is 0.263. The molecule has 1 fully saturated rings. The molecule has 1 atom stereocenters. The predicted molar refractivity (Wildman–Crippen MR) is 139 cm³/mol.